The van der Waals surface area contributed by atoms with Crippen LogP contribution in [0.1, 0.15) is 45.6 Å². The van der Waals surface area contributed by atoms with Gasteiger partial charge in [0.05, 0.1) is 6.61 Å². The molecule has 2 fully saturated rings. The Morgan fingerprint density at radius 2 is 2.00 bits per heavy atom. The van der Waals surface area contributed by atoms with Crippen LogP contribution < -0.4 is 5.32 Å². The minimum atomic E-state index is 0.390. The van der Waals surface area contributed by atoms with Crippen LogP contribution in [0.3, 0.4) is 0 Å². The first-order chi connectivity index (χ1) is 9.97. The molecule has 21 heavy (non-hydrogen) atoms. The van der Waals surface area contributed by atoms with Crippen molar-refractivity contribution in [3.63, 3.8) is 0 Å². The second-order valence-electron chi connectivity index (χ2n) is 7.89. The molecule has 0 radical (unpaired) electrons. The minimum Gasteiger partial charge on any atom is -0.384 e. The quantitative estimate of drug-likeness (QED) is 0.860. The van der Waals surface area contributed by atoms with E-state index in [0.717, 1.165) is 18.9 Å². The Labute approximate surface area is 129 Å². The lowest BCUT2D eigenvalue weighted by atomic mass is 9.68. The Morgan fingerprint density at radius 3 is 2.67 bits per heavy atom. The molecule has 0 spiro atoms. The lowest BCUT2D eigenvalue weighted by Crippen LogP contribution is -2.46. The maximum absolute atomic E-state index is 5.25. The van der Waals surface area contributed by atoms with E-state index >= 15 is 0 Å². The van der Waals surface area contributed by atoms with Crippen molar-refractivity contribution in [3.05, 3.63) is 29.8 Å². The number of hydrogen-bond acceptors (Lipinski definition) is 2. The fraction of sp³-hybridized carbons (Fsp3) is 0.684. The van der Waals surface area contributed by atoms with Crippen LogP contribution in [-0.4, -0.2) is 19.8 Å². The van der Waals surface area contributed by atoms with E-state index in [4.69, 9.17) is 4.74 Å². The molecule has 0 aromatic heterocycles. The molecule has 3 atom stereocenters. The van der Waals surface area contributed by atoms with Gasteiger partial charge in [0.1, 0.15) is 0 Å². The van der Waals surface area contributed by atoms with Crippen LogP contribution >= 0.6 is 0 Å². The molecule has 1 aromatic carbocycles. The highest BCUT2D eigenvalue weighted by Crippen LogP contribution is 2.63. The number of ether oxygens (including phenoxy) is 1. The monoisotopic (exact) mass is 287 g/mol. The average Bonchev–Trinajstić information content (AvgIpc) is 2.93. The maximum Gasteiger partial charge on any atom is 0.0503 e. The zero-order valence-corrected chi connectivity index (χ0v) is 13.9. The van der Waals surface area contributed by atoms with Crippen LogP contribution in [-0.2, 0) is 11.2 Å². The number of methoxy groups -OCH3 is 1. The van der Waals surface area contributed by atoms with Crippen molar-refractivity contribution >= 4 is 5.69 Å². The van der Waals surface area contributed by atoms with Crippen LogP contribution in [0.25, 0.3) is 0 Å². The number of para-hydroxylation sites is 1. The van der Waals surface area contributed by atoms with Gasteiger partial charge in [-0.2, -0.15) is 0 Å². The van der Waals surface area contributed by atoms with E-state index in [9.17, 15) is 0 Å². The van der Waals surface area contributed by atoms with Crippen LogP contribution in [0.4, 0.5) is 5.69 Å². The zero-order chi connectivity index (χ0) is 15.1. The Bertz CT molecular complexity index is 505. The van der Waals surface area contributed by atoms with E-state index in [1.54, 1.807) is 7.11 Å². The van der Waals surface area contributed by atoms with Crippen molar-refractivity contribution in [1.29, 1.82) is 0 Å². The minimum absolute atomic E-state index is 0.390. The number of rotatable bonds is 5. The number of hydrogen-bond donors (Lipinski definition) is 1. The van der Waals surface area contributed by atoms with Crippen molar-refractivity contribution in [3.8, 4) is 0 Å². The Kier molecular flexibility index (Phi) is 3.77. The van der Waals surface area contributed by atoms with Crippen molar-refractivity contribution < 1.29 is 4.74 Å². The summed E-state index contributed by atoms with van der Waals surface area (Å²) in [7, 11) is 1.77. The first-order valence-corrected chi connectivity index (χ1v) is 8.31. The van der Waals surface area contributed by atoms with E-state index in [1.807, 2.05) is 0 Å². The first kappa shape index (κ1) is 14.9. The molecule has 0 saturated heterocycles. The zero-order valence-electron chi connectivity index (χ0n) is 13.9. The Hall–Kier alpha value is -1.02. The fourth-order valence-electron chi connectivity index (χ4n) is 4.91. The number of benzene rings is 1. The Balaban J connectivity index is 1.83. The maximum atomic E-state index is 5.25. The fourth-order valence-corrected chi connectivity index (χ4v) is 4.91. The Morgan fingerprint density at radius 1 is 1.24 bits per heavy atom. The summed E-state index contributed by atoms with van der Waals surface area (Å²) in [6.45, 7) is 8.18. The summed E-state index contributed by atoms with van der Waals surface area (Å²) in [5.74, 6) is 0.881. The van der Waals surface area contributed by atoms with E-state index in [2.05, 4.69) is 50.4 Å². The molecule has 2 aliphatic carbocycles. The van der Waals surface area contributed by atoms with E-state index < -0.39 is 0 Å². The largest absolute Gasteiger partial charge is 0.384 e. The molecule has 0 heterocycles. The number of anilines is 1. The van der Waals surface area contributed by atoms with E-state index in [-0.39, 0.29) is 0 Å². The van der Waals surface area contributed by atoms with Gasteiger partial charge in [-0.1, -0.05) is 39.0 Å². The number of fused-ring (bicyclic) bond motifs is 2. The molecule has 2 saturated carbocycles. The standard InChI is InChI=1S/C19H29NO/c1-18(2)15-9-11-19(3,13-15)17(18)20-16-8-6-5-7-14(16)10-12-21-4/h5-8,15,17,20H,9-13H2,1-4H3/t15-,17?,19+/m0/s1. The summed E-state index contributed by atoms with van der Waals surface area (Å²) < 4.78 is 5.25. The SMILES string of the molecule is COCCc1ccccc1NC1C(C)(C)[C@H]2CC[C@]1(C)C2. The van der Waals surface area contributed by atoms with Gasteiger partial charge in [-0.3, -0.25) is 0 Å². The molecule has 1 N–H and O–H groups in total. The van der Waals surface area contributed by atoms with Gasteiger partial charge < -0.3 is 10.1 Å². The molecule has 0 aliphatic heterocycles. The predicted molar refractivity (Wildman–Crippen MR) is 88.7 cm³/mol. The molecule has 2 heteroatoms. The van der Waals surface area contributed by atoms with E-state index in [0.29, 0.717) is 16.9 Å². The van der Waals surface area contributed by atoms with Crippen molar-refractivity contribution in [2.45, 2.75) is 52.5 Å². The van der Waals surface area contributed by atoms with Crippen molar-refractivity contribution in [2.24, 2.45) is 16.7 Å². The molecule has 1 unspecified atom stereocenters. The van der Waals surface area contributed by atoms with Crippen LogP contribution in [0.15, 0.2) is 24.3 Å². The third-order valence-electron chi connectivity index (χ3n) is 6.16. The lowest BCUT2D eigenvalue weighted by Gasteiger charge is -2.44. The number of nitrogens with one attached hydrogen (secondary N) is 1. The van der Waals surface area contributed by atoms with Crippen LogP contribution in [0.2, 0.25) is 0 Å². The van der Waals surface area contributed by atoms with Gasteiger partial charge in [-0.05, 0) is 54.1 Å². The summed E-state index contributed by atoms with van der Waals surface area (Å²) in [5.41, 5.74) is 3.53. The summed E-state index contributed by atoms with van der Waals surface area (Å²) in [6.07, 6.45) is 5.15. The van der Waals surface area contributed by atoms with Gasteiger partial charge in [-0.25, -0.2) is 0 Å². The van der Waals surface area contributed by atoms with Gasteiger partial charge >= 0.3 is 0 Å². The van der Waals surface area contributed by atoms with Crippen LogP contribution in [0, 0.1) is 16.7 Å². The van der Waals surface area contributed by atoms with Crippen LogP contribution in [0.5, 0.6) is 0 Å². The summed E-state index contributed by atoms with van der Waals surface area (Å²) in [4.78, 5) is 0. The predicted octanol–water partition coefficient (Wildman–Crippen LogP) is 4.50. The third kappa shape index (κ3) is 2.48. The topological polar surface area (TPSA) is 21.3 Å². The third-order valence-corrected chi connectivity index (χ3v) is 6.16. The smallest absolute Gasteiger partial charge is 0.0503 e. The molecule has 2 aliphatic rings. The van der Waals surface area contributed by atoms with Gasteiger partial charge in [0.25, 0.3) is 0 Å². The molecule has 3 rings (SSSR count). The molecule has 2 nitrogen and oxygen atoms in total. The first-order valence-electron chi connectivity index (χ1n) is 8.31. The highest BCUT2D eigenvalue weighted by Gasteiger charge is 2.59. The average molecular weight is 287 g/mol. The highest BCUT2D eigenvalue weighted by molar-refractivity contribution is 5.53. The molecule has 2 bridgehead atoms. The molecular formula is C19H29NO. The molecular weight excluding hydrogens is 258 g/mol. The second-order valence-corrected chi connectivity index (χ2v) is 7.89. The molecule has 1 aromatic rings. The van der Waals surface area contributed by atoms with Gasteiger partial charge in [-0.15, -0.1) is 0 Å². The van der Waals surface area contributed by atoms with E-state index in [1.165, 1.54) is 30.5 Å². The summed E-state index contributed by atoms with van der Waals surface area (Å²) in [5, 5.41) is 3.93. The normalized spacial score (nSPS) is 33.3. The van der Waals surface area contributed by atoms with Crippen molar-refractivity contribution in [1.82, 2.24) is 0 Å². The molecule has 0 amide bonds. The summed E-state index contributed by atoms with van der Waals surface area (Å²) >= 11 is 0. The van der Waals surface area contributed by atoms with Gasteiger partial charge in [0.15, 0.2) is 0 Å². The highest BCUT2D eigenvalue weighted by atomic mass is 16.5. The summed E-state index contributed by atoms with van der Waals surface area (Å²) in [6, 6.07) is 9.30. The van der Waals surface area contributed by atoms with Gasteiger partial charge in [0.2, 0.25) is 0 Å². The second kappa shape index (κ2) is 5.31. The lowest BCUT2D eigenvalue weighted by molar-refractivity contribution is 0.155. The van der Waals surface area contributed by atoms with Gasteiger partial charge in [0, 0.05) is 18.8 Å². The molecule has 116 valence electrons. The van der Waals surface area contributed by atoms with Crippen molar-refractivity contribution in [2.75, 3.05) is 19.0 Å².